The van der Waals surface area contributed by atoms with Crippen molar-refractivity contribution in [2.24, 2.45) is 0 Å². The summed E-state index contributed by atoms with van der Waals surface area (Å²) >= 11 is 0. The molecular weight excluding hydrogens is 164 g/mol. The second kappa shape index (κ2) is 3.05. The van der Waals surface area contributed by atoms with E-state index in [9.17, 15) is 4.79 Å². The first-order valence-electron chi connectivity index (χ1n) is 4.21. The fourth-order valence-corrected chi connectivity index (χ4v) is 1.44. The maximum absolute atomic E-state index is 10.3. The van der Waals surface area contributed by atoms with Crippen LogP contribution < -0.4 is 0 Å². The van der Waals surface area contributed by atoms with Crippen LogP contribution in [-0.2, 0) is 11.2 Å². The van der Waals surface area contributed by atoms with Crippen molar-refractivity contribution < 1.29 is 9.21 Å². The van der Waals surface area contributed by atoms with Crippen molar-refractivity contribution in [3.05, 3.63) is 35.6 Å². The number of carbonyl (C=O) groups excluding carboxylic acids is 1. The van der Waals surface area contributed by atoms with Gasteiger partial charge < -0.3 is 9.21 Å². The van der Waals surface area contributed by atoms with Gasteiger partial charge in [0.1, 0.15) is 11.9 Å². The SMILES string of the molecule is Cc1ccc2c(CC=O)coc2c1. The molecule has 0 saturated heterocycles. The molecule has 1 heterocycles. The molecule has 0 saturated carbocycles. The van der Waals surface area contributed by atoms with Gasteiger partial charge in [0.15, 0.2) is 0 Å². The molecule has 2 aromatic rings. The molecule has 1 aromatic carbocycles. The van der Waals surface area contributed by atoms with Crippen LogP contribution in [0.5, 0.6) is 0 Å². The highest BCUT2D eigenvalue weighted by atomic mass is 16.3. The first-order chi connectivity index (χ1) is 6.31. The van der Waals surface area contributed by atoms with E-state index in [4.69, 9.17) is 4.42 Å². The molecule has 66 valence electrons. The Morgan fingerprint density at radius 3 is 3.08 bits per heavy atom. The van der Waals surface area contributed by atoms with Crippen molar-refractivity contribution >= 4 is 17.3 Å². The second-order valence-electron chi connectivity index (χ2n) is 3.13. The third kappa shape index (κ3) is 1.35. The predicted molar refractivity (Wildman–Crippen MR) is 50.7 cm³/mol. The Bertz CT molecular complexity index is 440. The van der Waals surface area contributed by atoms with E-state index in [1.807, 2.05) is 25.1 Å². The summed E-state index contributed by atoms with van der Waals surface area (Å²) in [7, 11) is 0. The zero-order chi connectivity index (χ0) is 9.26. The summed E-state index contributed by atoms with van der Waals surface area (Å²) in [6.07, 6.45) is 2.97. The smallest absolute Gasteiger partial charge is 0.134 e. The highest BCUT2D eigenvalue weighted by molar-refractivity contribution is 5.83. The predicted octanol–water partition coefficient (Wildman–Crippen LogP) is 2.48. The average molecular weight is 174 g/mol. The van der Waals surface area contributed by atoms with Gasteiger partial charge in [-0.2, -0.15) is 0 Å². The van der Waals surface area contributed by atoms with E-state index >= 15 is 0 Å². The Balaban J connectivity index is 2.61. The number of hydrogen-bond acceptors (Lipinski definition) is 2. The Hall–Kier alpha value is -1.57. The monoisotopic (exact) mass is 174 g/mol. The number of fused-ring (bicyclic) bond motifs is 1. The van der Waals surface area contributed by atoms with Gasteiger partial charge in [-0.3, -0.25) is 0 Å². The largest absolute Gasteiger partial charge is 0.464 e. The van der Waals surface area contributed by atoms with Crippen molar-refractivity contribution in [2.75, 3.05) is 0 Å². The fourth-order valence-electron chi connectivity index (χ4n) is 1.44. The van der Waals surface area contributed by atoms with Gasteiger partial charge >= 0.3 is 0 Å². The molecule has 0 bridgehead atoms. The van der Waals surface area contributed by atoms with Crippen molar-refractivity contribution in [1.29, 1.82) is 0 Å². The number of hydrogen-bond donors (Lipinski definition) is 0. The van der Waals surface area contributed by atoms with Crippen LogP contribution in [0.2, 0.25) is 0 Å². The molecule has 13 heavy (non-hydrogen) atoms. The molecule has 0 spiro atoms. The van der Waals surface area contributed by atoms with Crippen LogP contribution in [0.25, 0.3) is 11.0 Å². The molecule has 2 nitrogen and oxygen atoms in total. The highest BCUT2D eigenvalue weighted by Gasteiger charge is 2.04. The van der Waals surface area contributed by atoms with E-state index in [2.05, 4.69) is 0 Å². The lowest BCUT2D eigenvalue weighted by molar-refractivity contribution is -0.107. The second-order valence-corrected chi connectivity index (χ2v) is 3.13. The zero-order valence-electron chi connectivity index (χ0n) is 7.41. The molecule has 0 N–H and O–H groups in total. The van der Waals surface area contributed by atoms with E-state index in [0.717, 1.165) is 22.8 Å². The number of furan rings is 1. The standard InChI is InChI=1S/C11H10O2/c1-8-2-3-10-9(4-5-12)7-13-11(10)6-8/h2-3,5-7H,4H2,1H3. The number of rotatable bonds is 2. The highest BCUT2D eigenvalue weighted by Crippen LogP contribution is 2.21. The van der Waals surface area contributed by atoms with Crippen molar-refractivity contribution in [2.45, 2.75) is 13.3 Å². The molecule has 0 unspecified atom stereocenters. The minimum Gasteiger partial charge on any atom is -0.464 e. The van der Waals surface area contributed by atoms with Crippen LogP contribution in [0, 0.1) is 6.92 Å². The van der Waals surface area contributed by atoms with Gasteiger partial charge in [0.05, 0.1) is 6.26 Å². The Labute approximate surface area is 76.2 Å². The Kier molecular flexibility index (Phi) is 1.89. The summed E-state index contributed by atoms with van der Waals surface area (Å²) in [5.74, 6) is 0. The van der Waals surface area contributed by atoms with Gasteiger partial charge in [0, 0.05) is 17.4 Å². The molecule has 0 radical (unpaired) electrons. The van der Waals surface area contributed by atoms with Gasteiger partial charge in [0.25, 0.3) is 0 Å². The van der Waals surface area contributed by atoms with Crippen molar-refractivity contribution in [3.8, 4) is 0 Å². The van der Waals surface area contributed by atoms with Crippen LogP contribution >= 0.6 is 0 Å². The quantitative estimate of drug-likeness (QED) is 0.655. The molecule has 0 atom stereocenters. The maximum atomic E-state index is 10.3. The minimum atomic E-state index is 0.427. The molecule has 0 aliphatic carbocycles. The Morgan fingerprint density at radius 1 is 1.46 bits per heavy atom. The number of benzene rings is 1. The van der Waals surface area contributed by atoms with Gasteiger partial charge in [0.2, 0.25) is 0 Å². The molecule has 1 aromatic heterocycles. The fraction of sp³-hybridized carbons (Fsp3) is 0.182. The van der Waals surface area contributed by atoms with Gasteiger partial charge in [-0.05, 0) is 18.6 Å². The summed E-state index contributed by atoms with van der Waals surface area (Å²) in [6, 6.07) is 5.99. The lowest BCUT2D eigenvalue weighted by atomic mass is 10.1. The van der Waals surface area contributed by atoms with Crippen LogP contribution in [0.15, 0.2) is 28.9 Å². The van der Waals surface area contributed by atoms with Crippen LogP contribution in [0.3, 0.4) is 0 Å². The molecule has 0 fully saturated rings. The molecular formula is C11H10O2. The number of carbonyl (C=O) groups is 1. The zero-order valence-corrected chi connectivity index (χ0v) is 7.41. The number of aryl methyl sites for hydroxylation is 1. The first-order valence-corrected chi connectivity index (χ1v) is 4.21. The summed E-state index contributed by atoms with van der Waals surface area (Å²) in [5, 5.41) is 1.04. The summed E-state index contributed by atoms with van der Waals surface area (Å²) < 4.78 is 5.32. The van der Waals surface area contributed by atoms with E-state index in [-0.39, 0.29) is 0 Å². The lowest BCUT2D eigenvalue weighted by Gasteiger charge is -1.92. The molecule has 2 heteroatoms. The summed E-state index contributed by atoms with van der Waals surface area (Å²) in [6.45, 7) is 2.02. The van der Waals surface area contributed by atoms with Crippen LogP contribution in [0.1, 0.15) is 11.1 Å². The van der Waals surface area contributed by atoms with Crippen LogP contribution in [0.4, 0.5) is 0 Å². The third-order valence-corrected chi connectivity index (χ3v) is 2.11. The maximum Gasteiger partial charge on any atom is 0.134 e. The minimum absolute atomic E-state index is 0.427. The summed E-state index contributed by atoms with van der Waals surface area (Å²) in [4.78, 5) is 10.3. The van der Waals surface area contributed by atoms with E-state index < -0.39 is 0 Å². The molecule has 0 aliphatic rings. The number of aldehydes is 1. The lowest BCUT2D eigenvalue weighted by Crippen LogP contribution is -1.82. The van der Waals surface area contributed by atoms with Gasteiger partial charge in [-0.15, -0.1) is 0 Å². The average Bonchev–Trinajstić information content (AvgIpc) is 2.49. The summed E-state index contributed by atoms with van der Waals surface area (Å²) in [5.41, 5.74) is 2.99. The first kappa shape index (κ1) is 8.05. The van der Waals surface area contributed by atoms with Gasteiger partial charge in [-0.1, -0.05) is 12.1 Å². The molecule has 2 rings (SSSR count). The Morgan fingerprint density at radius 2 is 2.31 bits per heavy atom. The molecule has 0 amide bonds. The molecule has 0 aliphatic heterocycles. The van der Waals surface area contributed by atoms with Crippen molar-refractivity contribution in [3.63, 3.8) is 0 Å². The van der Waals surface area contributed by atoms with E-state index in [1.165, 1.54) is 5.56 Å². The topological polar surface area (TPSA) is 30.2 Å². The van der Waals surface area contributed by atoms with Crippen molar-refractivity contribution in [1.82, 2.24) is 0 Å². The third-order valence-electron chi connectivity index (χ3n) is 2.11. The normalized spacial score (nSPS) is 10.5. The van der Waals surface area contributed by atoms with E-state index in [0.29, 0.717) is 6.42 Å². The van der Waals surface area contributed by atoms with Gasteiger partial charge in [-0.25, -0.2) is 0 Å². The van der Waals surface area contributed by atoms with Crippen LogP contribution in [-0.4, -0.2) is 6.29 Å². The van der Waals surface area contributed by atoms with E-state index in [1.54, 1.807) is 6.26 Å².